The van der Waals surface area contributed by atoms with E-state index in [2.05, 4.69) is 19.1 Å². The summed E-state index contributed by atoms with van der Waals surface area (Å²) in [6.07, 6.45) is 5.10. The molecule has 0 aromatic heterocycles. The van der Waals surface area contributed by atoms with E-state index in [1.165, 1.54) is 11.1 Å². The van der Waals surface area contributed by atoms with Crippen LogP contribution in [0.1, 0.15) is 30.9 Å². The summed E-state index contributed by atoms with van der Waals surface area (Å²) >= 11 is 0. The van der Waals surface area contributed by atoms with Gasteiger partial charge in [0.15, 0.2) is 0 Å². The quantitative estimate of drug-likeness (QED) is 0.616. The Labute approximate surface area is 84.5 Å². The van der Waals surface area contributed by atoms with E-state index in [0.29, 0.717) is 0 Å². The smallest absolute Gasteiger partial charge is 0.130 e. The lowest BCUT2D eigenvalue weighted by Gasteiger charge is -2.32. The van der Waals surface area contributed by atoms with Gasteiger partial charge in [-0.1, -0.05) is 43.3 Å². The number of fused-ring (bicyclic) bond motifs is 1. The lowest BCUT2D eigenvalue weighted by Crippen LogP contribution is -2.25. The molecule has 0 radical (unpaired) electrons. The van der Waals surface area contributed by atoms with Gasteiger partial charge in [-0.3, -0.25) is 0 Å². The third kappa shape index (κ3) is 1.20. The van der Waals surface area contributed by atoms with Crippen LogP contribution in [0.2, 0.25) is 0 Å². The van der Waals surface area contributed by atoms with Gasteiger partial charge in [0, 0.05) is 5.41 Å². The fourth-order valence-electron chi connectivity index (χ4n) is 1.95. The van der Waals surface area contributed by atoms with E-state index in [0.717, 1.165) is 6.29 Å². The summed E-state index contributed by atoms with van der Waals surface area (Å²) in [4.78, 5) is 11.1. The van der Waals surface area contributed by atoms with Gasteiger partial charge in [0.25, 0.3) is 0 Å². The highest BCUT2D eigenvalue weighted by Gasteiger charge is 2.32. The van der Waals surface area contributed by atoms with Crippen molar-refractivity contribution in [3.05, 3.63) is 41.5 Å². The molecule has 2 atom stereocenters. The number of hydrogen-bond donors (Lipinski definition) is 0. The Morgan fingerprint density at radius 1 is 1.36 bits per heavy atom. The molecule has 1 aromatic carbocycles. The van der Waals surface area contributed by atoms with Crippen LogP contribution in [0.3, 0.4) is 0 Å². The van der Waals surface area contributed by atoms with Crippen LogP contribution in [-0.4, -0.2) is 6.29 Å². The fourth-order valence-corrected chi connectivity index (χ4v) is 1.95. The molecular weight excluding hydrogens is 172 g/mol. The first-order valence-corrected chi connectivity index (χ1v) is 4.92. The van der Waals surface area contributed by atoms with E-state index in [9.17, 15) is 4.79 Å². The maximum Gasteiger partial charge on any atom is 0.130 e. The highest BCUT2D eigenvalue weighted by molar-refractivity contribution is 5.72. The van der Waals surface area contributed by atoms with Gasteiger partial charge in [-0.2, -0.15) is 0 Å². The largest absolute Gasteiger partial charge is 0.302 e. The number of carbonyl (C=O) groups excluding carboxylic acids is 1. The van der Waals surface area contributed by atoms with E-state index < -0.39 is 0 Å². The van der Waals surface area contributed by atoms with Gasteiger partial charge in [0.1, 0.15) is 6.29 Å². The third-order valence-electron chi connectivity index (χ3n) is 3.27. The summed E-state index contributed by atoms with van der Waals surface area (Å²) in [5, 5.41) is 0. The van der Waals surface area contributed by atoms with Gasteiger partial charge in [0.05, 0.1) is 0 Å². The first kappa shape index (κ1) is 9.20. The van der Waals surface area contributed by atoms with E-state index in [4.69, 9.17) is 0 Å². The van der Waals surface area contributed by atoms with E-state index in [1.54, 1.807) is 0 Å². The molecular formula is C13H14O. The van der Waals surface area contributed by atoms with Crippen molar-refractivity contribution in [2.24, 2.45) is 5.41 Å². The first-order valence-electron chi connectivity index (χ1n) is 4.92. The standard InChI is InChI=1S/C13H14O/c1-10-12-6-4-3-5-11(12)7-8-13(10,2)9-14/h3-10H,1-2H3. The first-order chi connectivity index (χ1) is 6.67. The second-order valence-electron chi connectivity index (χ2n) is 4.17. The van der Waals surface area contributed by atoms with Gasteiger partial charge in [-0.15, -0.1) is 0 Å². The molecule has 0 N–H and O–H groups in total. The van der Waals surface area contributed by atoms with Gasteiger partial charge in [-0.05, 0) is 24.0 Å². The van der Waals surface area contributed by atoms with Crippen LogP contribution in [-0.2, 0) is 4.79 Å². The maximum atomic E-state index is 11.1. The molecule has 1 aromatic rings. The molecule has 0 fully saturated rings. The average molecular weight is 186 g/mol. The van der Waals surface area contributed by atoms with Crippen LogP contribution >= 0.6 is 0 Å². The fraction of sp³-hybridized carbons (Fsp3) is 0.308. The predicted molar refractivity (Wildman–Crippen MR) is 58.1 cm³/mol. The highest BCUT2D eigenvalue weighted by atomic mass is 16.1. The second kappa shape index (κ2) is 3.09. The molecule has 0 heterocycles. The molecule has 1 heteroatoms. The molecule has 0 amide bonds. The average Bonchev–Trinajstić information content (AvgIpc) is 2.24. The molecule has 0 spiro atoms. The number of hydrogen-bond acceptors (Lipinski definition) is 1. The maximum absolute atomic E-state index is 11.1. The Balaban J connectivity index is 2.55. The van der Waals surface area contributed by atoms with Crippen molar-refractivity contribution in [1.82, 2.24) is 0 Å². The normalized spacial score (nSPS) is 29.7. The number of carbonyl (C=O) groups is 1. The molecule has 0 aliphatic heterocycles. The monoisotopic (exact) mass is 186 g/mol. The molecule has 0 bridgehead atoms. The summed E-state index contributed by atoms with van der Waals surface area (Å²) in [5.41, 5.74) is 2.16. The lowest BCUT2D eigenvalue weighted by atomic mass is 9.71. The minimum atomic E-state index is -0.339. The summed E-state index contributed by atoms with van der Waals surface area (Å²) in [7, 11) is 0. The molecule has 0 saturated carbocycles. The Bertz CT molecular complexity index is 392. The van der Waals surface area contributed by atoms with E-state index >= 15 is 0 Å². The summed E-state index contributed by atoms with van der Waals surface area (Å²) < 4.78 is 0. The summed E-state index contributed by atoms with van der Waals surface area (Å²) in [6.45, 7) is 4.09. The zero-order valence-electron chi connectivity index (χ0n) is 8.53. The minimum absolute atomic E-state index is 0.265. The SMILES string of the molecule is CC1c2ccccc2C=CC1(C)C=O. The van der Waals surface area contributed by atoms with Crippen molar-refractivity contribution < 1.29 is 4.79 Å². The minimum Gasteiger partial charge on any atom is -0.302 e. The Morgan fingerprint density at radius 3 is 2.79 bits per heavy atom. The second-order valence-corrected chi connectivity index (χ2v) is 4.17. The Hall–Kier alpha value is -1.37. The molecule has 14 heavy (non-hydrogen) atoms. The van der Waals surface area contributed by atoms with E-state index in [-0.39, 0.29) is 11.3 Å². The highest BCUT2D eigenvalue weighted by Crippen LogP contribution is 2.40. The van der Waals surface area contributed by atoms with Crippen LogP contribution in [0.25, 0.3) is 6.08 Å². The van der Waals surface area contributed by atoms with Crippen molar-refractivity contribution >= 4 is 12.4 Å². The summed E-state index contributed by atoms with van der Waals surface area (Å²) in [6, 6.07) is 8.25. The van der Waals surface area contributed by atoms with Crippen LogP contribution in [0.15, 0.2) is 30.3 Å². The van der Waals surface area contributed by atoms with Crippen molar-refractivity contribution in [1.29, 1.82) is 0 Å². The molecule has 72 valence electrons. The van der Waals surface area contributed by atoms with Gasteiger partial charge in [0.2, 0.25) is 0 Å². The Kier molecular flexibility index (Phi) is 2.03. The predicted octanol–water partition coefficient (Wildman–Crippen LogP) is 3.02. The van der Waals surface area contributed by atoms with E-state index in [1.807, 2.05) is 31.2 Å². The van der Waals surface area contributed by atoms with Crippen molar-refractivity contribution in [3.8, 4) is 0 Å². The van der Waals surface area contributed by atoms with Gasteiger partial charge in [-0.25, -0.2) is 0 Å². The Morgan fingerprint density at radius 2 is 2.07 bits per heavy atom. The van der Waals surface area contributed by atoms with Crippen LogP contribution in [0, 0.1) is 5.41 Å². The topological polar surface area (TPSA) is 17.1 Å². The number of benzene rings is 1. The van der Waals surface area contributed by atoms with Crippen LogP contribution in [0.4, 0.5) is 0 Å². The third-order valence-corrected chi connectivity index (χ3v) is 3.27. The summed E-state index contributed by atoms with van der Waals surface area (Å²) in [5.74, 6) is 0.265. The zero-order chi connectivity index (χ0) is 10.2. The lowest BCUT2D eigenvalue weighted by molar-refractivity contribution is -0.114. The molecule has 2 unspecified atom stereocenters. The zero-order valence-corrected chi connectivity index (χ0v) is 8.53. The van der Waals surface area contributed by atoms with Gasteiger partial charge >= 0.3 is 0 Å². The molecule has 1 aliphatic carbocycles. The van der Waals surface area contributed by atoms with Crippen LogP contribution < -0.4 is 0 Å². The number of allylic oxidation sites excluding steroid dienone is 1. The van der Waals surface area contributed by atoms with Gasteiger partial charge < -0.3 is 4.79 Å². The molecule has 1 nitrogen and oxygen atoms in total. The molecule has 1 aliphatic rings. The number of aldehydes is 1. The van der Waals surface area contributed by atoms with Crippen LogP contribution in [0.5, 0.6) is 0 Å². The van der Waals surface area contributed by atoms with Crippen molar-refractivity contribution in [3.63, 3.8) is 0 Å². The number of rotatable bonds is 1. The van der Waals surface area contributed by atoms with Crippen molar-refractivity contribution in [2.45, 2.75) is 19.8 Å². The molecule has 2 rings (SSSR count). The van der Waals surface area contributed by atoms with Crippen molar-refractivity contribution in [2.75, 3.05) is 0 Å². The molecule has 0 saturated heterocycles.